The Morgan fingerprint density at radius 3 is 2.71 bits per heavy atom. The molecule has 0 aromatic heterocycles. The van der Waals surface area contributed by atoms with Crippen LogP contribution in [0.3, 0.4) is 0 Å². The van der Waals surface area contributed by atoms with Gasteiger partial charge in [0.15, 0.2) is 11.5 Å². The zero-order valence-electron chi connectivity index (χ0n) is 9.91. The number of ether oxygens (including phenoxy) is 3. The van der Waals surface area contributed by atoms with Crippen LogP contribution in [0.25, 0.3) is 0 Å². The lowest BCUT2D eigenvalue weighted by atomic mass is 9.91. The topological polar surface area (TPSA) is 44.8 Å². The maximum Gasteiger partial charge on any atom is 0.231 e. The molecular weight excluding hydrogens is 220 g/mol. The number of carbonyl (C=O) groups excluding carboxylic acids is 1. The van der Waals surface area contributed by atoms with E-state index in [2.05, 4.69) is 0 Å². The van der Waals surface area contributed by atoms with Gasteiger partial charge in [0.1, 0.15) is 5.78 Å². The molecule has 1 aliphatic heterocycles. The summed E-state index contributed by atoms with van der Waals surface area (Å²) >= 11 is 0. The van der Waals surface area contributed by atoms with E-state index in [1.165, 1.54) is 0 Å². The SMILES string of the molecule is COc1cc(C2(C(C)=O)CC2)cc2c1OCO2. The molecule has 0 bridgehead atoms. The third-order valence-corrected chi connectivity index (χ3v) is 3.63. The summed E-state index contributed by atoms with van der Waals surface area (Å²) in [4.78, 5) is 11.7. The molecule has 17 heavy (non-hydrogen) atoms. The number of methoxy groups -OCH3 is 1. The molecule has 0 amide bonds. The molecule has 0 unspecified atom stereocenters. The number of rotatable bonds is 3. The average Bonchev–Trinajstić information content (AvgIpc) is 3.01. The summed E-state index contributed by atoms with van der Waals surface area (Å²) in [5, 5.41) is 0. The van der Waals surface area contributed by atoms with Gasteiger partial charge in [0.2, 0.25) is 12.5 Å². The highest BCUT2D eigenvalue weighted by Gasteiger charge is 2.49. The first-order valence-electron chi connectivity index (χ1n) is 5.66. The van der Waals surface area contributed by atoms with Crippen LogP contribution in [-0.2, 0) is 10.2 Å². The van der Waals surface area contributed by atoms with E-state index in [-0.39, 0.29) is 18.0 Å². The molecule has 3 rings (SSSR count). The van der Waals surface area contributed by atoms with Gasteiger partial charge in [-0.05, 0) is 37.5 Å². The van der Waals surface area contributed by atoms with Crippen molar-refractivity contribution in [1.29, 1.82) is 0 Å². The van der Waals surface area contributed by atoms with Crippen molar-refractivity contribution in [1.82, 2.24) is 0 Å². The molecule has 0 saturated heterocycles. The molecule has 1 aliphatic carbocycles. The van der Waals surface area contributed by atoms with Gasteiger partial charge in [0.05, 0.1) is 12.5 Å². The van der Waals surface area contributed by atoms with E-state index in [1.54, 1.807) is 14.0 Å². The second kappa shape index (κ2) is 3.39. The molecule has 1 aromatic rings. The molecule has 0 N–H and O–H groups in total. The maximum absolute atomic E-state index is 11.7. The van der Waals surface area contributed by atoms with Crippen LogP contribution in [0.1, 0.15) is 25.3 Å². The Balaban J connectivity index is 2.11. The number of ketones is 1. The van der Waals surface area contributed by atoms with Gasteiger partial charge in [0, 0.05) is 0 Å². The molecule has 4 nitrogen and oxygen atoms in total. The number of carbonyl (C=O) groups is 1. The van der Waals surface area contributed by atoms with Gasteiger partial charge in [-0.3, -0.25) is 4.79 Å². The van der Waals surface area contributed by atoms with E-state index in [0.29, 0.717) is 17.2 Å². The molecule has 0 atom stereocenters. The third-order valence-electron chi connectivity index (χ3n) is 3.63. The van der Waals surface area contributed by atoms with Crippen LogP contribution in [0.4, 0.5) is 0 Å². The number of fused-ring (bicyclic) bond motifs is 1. The zero-order chi connectivity index (χ0) is 12.0. The van der Waals surface area contributed by atoms with Gasteiger partial charge in [-0.2, -0.15) is 0 Å². The highest BCUT2D eigenvalue weighted by atomic mass is 16.7. The van der Waals surface area contributed by atoms with Crippen LogP contribution in [0.5, 0.6) is 17.2 Å². The Kier molecular flexibility index (Phi) is 2.08. The lowest BCUT2D eigenvalue weighted by Crippen LogP contribution is -2.16. The van der Waals surface area contributed by atoms with Gasteiger partial charge in [0.25, 0.3) is 0 Å². The lowest BCUT2D eigenvalue weighted by Gasteiger charge is -2.14. The second-order valence-electron chi connectivity index (χ2n) is 4.55. The fraction of sp³-hybridized carbons (Fsp3) is 0.462. The Bertz CT molecular complexity index is 488. The number of hydrogen-bond acceptors (Lipinski definition) is 4. The van der Waals surface area contributed by atoms with Crippen molar-refractivity contribution in [2.45, 2.75) is 25.2 Å². The average molecular weight is 234 g/mol. The van der Waals surface area contributed by atoms with Crippen LogP contribution in [0, 0.1) is 0 Å². The molecule has 1 heterocycles. The summed E-state index contributed by atoms with van der Waals surface area (Å²) in [5.74, 6) is 2.16. The first-order valence-corrected chi connectivity index (χ1v) is 5.66. The summed E-state index contributed by atoms with van der Waals surface area (Å²) in [5.41, 5.74) is 0.667. The van der Waals surface area contributed by atoms with Gasteiger partial charge in [-0.1, -0.05) is 0 Å². The standard InChI is InChI=1S/C13H14O4/c1-8(14)13(3-4-13)9-5-10(15-2)12-11(6-9)16-7-17-12/h5-6H,3-4,7H2,1-2H3. The predicted molar refractivity (Wildman–Crippen MR) is 60.7 cm³/mol. The Hall–Kier alpha value is -1.71. The van der Waals surface area contributed by atoms with Crippen LogP contribution >= 0.6 is 0 Å². The number of benzene rings is 1. The summed E-state index contributed by atoms with van der Waals surface area (Å²) in [6.07, 6.45) is 1.82. The van der Waals surface area contributed by atoms with Gasteiger partial charge in [-0.15, -0.1) is 0 Å². The van der Waals surface area contributed by atoms with E-state index in [1.807, 2.05) is 12.1 Å². The molecule has 1 fully saturated rings. The van der Waals surface area contributed by atoms with Crippen LogP contribution < -0.4 is 14.2 Å². The van der Waals surface area contributed by atoms with Gasteiger partial charge < -0.3 is 14.2 Å². The first kappa shape index (κ1) is 10.4. The fourth-order valence-corrected chi connectivity index (χ4v) is 2.37. The smallest absolute Gasteiger partial charge is 0.231 e. The Morgan fingerprint density at radius 2 is 2.12 bits per heavy atom. The summed E-state index contributed by atoms with van der Waals surface area (Å²) in [7, 11) is 1.59. The van der Waals surface area contributed by atoms with Crippen LogP contribution in [-0.4, -0.2) is 19.7 Å². The lowest BCUT2D eigenvalue weighted by molar-refractivity contribution is -0.119. The van der Waals surface area contributed by atoms with E-state index < -0.39 is 0 Å². The largest absolute Gasteiger partial charge is 0.493 e. The minimum Gasteiger partial charge on any atom is -0.493 e. The van der Waals surface area contributed by atoms with E-state index in [4.69, 9.17) is 14.2 Å². The van der Waals surface area contributed by atoms with Crippen molar-refractivity contribution < 1.29 is 19.0 Å². The highest BCUT2D eigenvalue weighted by Crippen LogP contribution is 2.53. The molecular formula is C13H14O4. The second-order valence-corrected chi connectivity index (χ2v) is 4.55. The Morgan fingerprint density at radius 1 is 1.35 bits per heavy atom. The van der Waals surface area contributed by atoms with Gasteiger partial charge in [-0.25, -0.2) is 0 Å². The van der Waals surface area contributed by atoms with E-state index in [9.17, 15) is 4.79 Å². The quantitative estimate of drug-likeness (QED) is 0.802. The first-order chi connectivity index (χ1) is 8.17. The molecule has 2 aliphatic rings. The van der Waals surface area contributed by atoms with Gasteiger partial charge >= 0.3 is 0 Å². The van der Waals surface area contributed by atoms with Crippen molar-refractivity contribution in [2.75, 3.05) is 13.9 Å². The number of hydrogen-bond donors (Lipinski definition) is 0. The summed E-state index contributed by atoms with van der Waals surface area (Å²) in [6.45, 7) is 1.85. The minimum atomic E-state index is -0.311. The van der Waals surface area contributed by atoms with Crippen molar-refractivity contribution in [3.05, 3.63) is 17.7 Å². The highest BCUT2D eigenvalue weighted by molar-refractivity contribution is 5.91. The number of Topliss-reactive ketones (excluding diaryl/α,β-unsaturated/α-hetero) is 1. The normalized spacial score (nSPS) is 18.9. The molecule has 0 spiro atoms. The van der Waals surface area contributed by atoms with Crippen molar-refractivity contribution in [3.63, 3.8) is 0 Å². The fourth-order valence-electron chi connectivity index (χ4n) is 2.37. The van der Waals surface area contributed by atoms with Crippen molar-refractivity contribution >= 4 is 5.78 Å². The molecule has 90 valence electrons. The van der Waals surface area contributed by atoms with E-state index >= 15 is 0 Å². The maximum atomic E-state index is 11.7. The molecule has 1 aromatic carbocycles. The molecule has 0 radical (unpaired) electrons. The predicted octanol–water partition coefficient (Wildman–Crippen LogP) is 2.04. The van der Waals surface area contributed by atoms with Crippen LogP contribution in [0.2, 0.25) is 0 Å². The molecule has 4 heteroatoms. The summed E-state index contributed by atoms with van der Waals surface area (Å²) in [6, 6.07) is 3.79. The van der Waals surface area contributed by atoms with Crippen molar-refractivity contribution in [3.8, 4) is 17.2 Å². The summed E-state index contributed by atoms with van der Waals surface area (Å²) < 4.78 is 16.0. The zero-order valence-corrected chi connectivity index (χ0v) is 9.91. The van der Waals surface area contributed by atoms with Crippen molar-refractivity contribution in [2.24, 2.45) is 0 Å². The Labute approximate surface area is 99.5 Å². The van der Waals surface area contributed by atoms with Crippen LogP contribution in [0.15, 0.2) is 12.1 Å². The third kappa shape index (κ3) is 1.40. The van der Waals surface area contributed by atoms with E-state index in [0.717, 1.165) is 18.4 Å². The molecule has 1 saturated carbocycles. The monoisotopic (exact) mass is 234 g/mol. The minimum absolute atomic E-state index is 0.207.